The van der Waals surface area contributed by atoms with Crippen LogP contribution in [0.1, 0.15) is 6.42 Å². The minimum Gasteiger partial charge on any atom is -0.478 e. The van der Waals surface area contributed by atoms with E-state index in [9.17, 15) is 9.59 Å². The molecule has 1 N–H and O–H groups in total. The van der Waals surface area contributed by atoms with Crippen molar-refractivity contribution in [3.05, 3.63) is 36.2 Å². The molecule has 3 rings (SSSR count). The molecule has 0 aromatic heterocycles. The van der Waals surface area contributed by atoms with E-state index in [0.717, 1.165) is 18.3 Å². The topological polar surface area (TPSA) is 79.1 Å². The van der Waals surface area contributed by atoms with Crippen LogP contribution in [0.15, 0.2) is 46.2 Å². The SMILES string of the molecule is O=C(O)C1=CN=C2C3=NC=CC[C@@H]3C=C[C@H]2C1=O. The first kappa shape index (κ1) is 10.8. The molecule has 2 aliphatic heterocycles. The van der Waals surface area contributed by atoms with Crippen LogP contribution in [0.5, 0.6) is 0 Å². The molecular weight excluding hydrogens is 232 g/mol. The van der Waals surface area contributed by atoms with Gasteiger partial charge >= 0.3 is 5.97 Å². The second kappa shape index (κ2) is 3.87. The van der Waals surface area contributed by atoms with Crippen LogP contribution >= 0.6 is 0 Å². The van der Waals surface area contributed by atoms with Crippen LogP contribution in [-0.2, 0) is 9.59 Å². The van der Waals surface area contributed by atoms with Crippen molar-refractivity contribution in [1.29, 1.82) is 0 Å². The summed E-state index contributed by atoms with van der Waals surface area (Å²) in [6, 6.07) is 0. The number of aliphatic imine (C=N–C) groups is 2. The average Bonchev–Trinajstić information content (AvgIpc) is 2.38. The fourth-order valence-corrected chi connectivity index (χ4v) is 2.35. The van der Waals surface area contributed by atoms with Crippen LogP contribution in [0.25, 0.3) is 0 Å². The van der Waals surface area contributed by atoms with E-state index in [4.69, 9.17) is 5.11 Å². The van der Waals surface area contributed by atoms with Crippen molar-refractivity contribution < 1.29 is 14.7 Å². The quantitative estimate of drug-likeness (QED) is 0.553. The molecule has 0 bridgehead atoms. The summed E-state index contributed by atoms with van der Waals surface area (Å²) < 4.78 is 0. The predicted molar refractivity (Wildman–Crippen MR) is 65.5 cm³/mol. The molecule has 0 aromatic carbocycles. The van der Waals surface area contributed by atoms with Crippen molar-refractivity contribution in [3.8, 4) is 0 Å². The monoisotopic (exact) mass is 242 g/mol. The zero-order valence-electron chi connectivity index (χ0n) is 9.41. The van der Waals surface area contributed by atoms with Crippen LogP contribution in [0.4, 0.5) is 0 Å². The fourth-order valence-electron chi connectivity index (χ4n) is 2.35. The molecule has 0 radical (unpaired) electrons. The van der Waals surface area contributed by atoms with Crippen LogP contribution in [0, 0.1) is 11.8 Å². The molecule has 2 atom stereocenters. The first-order valence-corrected chi connectivity index (χ1v) is 5.65. The molecule has 18 heavy (non-hydrogen) atoms. The number of aliphatic carboxylic acids is 1. The van der Waals surface area contributed by atoms with Crippen molar-refractivity contribution in [2.45, 2.75) is 6.42 Å². The van der Waals surface area contributed by atoms with E-state index < -0.39 is 17.7 Å². The largest absolute Gasteiger partial charge is 0.478 e. The summed E-state index contributed by atoms with van der Waals surface area (Å²) in [6.45, 7) is 0. The maximum atomic E-state index is 12.0. The van der Waals surface area contributed by atoms with Gasteiger partial charge < -0.3 is 5.11 Å². The minimum absolute atomic E-state index is 0.151. The van der Waals surface area contributed by atoms with Crippen LogP contribution in [-0.4, -0.2) is 28.3 Å². The number of fused-ring (bicyclic) bond motifs is 3. The number of allylic oxidation sites excluding steroid dienone is 3. The van der Waals surface area contributed by atoms with E-state index >= 15 is 0 Å². The Labute approximate surface area is 103 Å². The van der Waals surface area contributed by atoms with E-state index in [1.807, 2.05) is 12.2 Å². The Morgan fingerprint density at radius 3 is 2.89 bits per heavy atom. The number of hydrogen-bond acceptors (Lipinski definition) is 4. The van der Waals surface area contributed by atoms with E-state index in [1.165, 1.54) is 0 Å². The fraction of sp³-hybridized carbons (Fsp3) is 0.231. The van der Waals surface area contributed by atoms with Gasteiger partial charge in [0.1, 0.15) is 5.57 Å². The van der Waals surface area contributed by atoms with Gasteiger partial charge in [0.05, 0.1) is 17.3 Å². The lowest BCUT2D eigenvalue weighted by atomic mass is 9.78. The molecule has 0 saturated carbocycles. The molecule has 0 amide bonds. The van der Waals surface area contributed by atoms with Crippen molar-refractivity contribution in [2.24, 2.45) is 21.8 Å². The van der Waals surface area contributed by atoms with Gasteiger partial charge in [0.25, 0.3) is 0 Å². The van der Waals surface area contributed by atoms with Gasteiger partial charge in [0.2, 0.25) is 0 Å². The third-order valence-corrected chi connectivity index (χ3v) is 3.26. The van der Waals surface area contributed by atoms with Gasteiger partial charge in [-0.25, -0.2) is 4.79 Å². The van der Waals surface area contributed by atoms with Gasteiger partial charge in [-0.3, -0.25) is 14.8 Å². The molecular formula is C13H10N2O3. The van der Waals surface area contributed by atoms with Gasteiger partial charge in [-0.05, 0) is 6.42 Å². The lowest BCUT2D eigenvalue weighted by molar-refractivity contribution is -0.134. The summed E-state index contributed by atoms with van der Waals surface area (Å²) in [5, 5.41) is 8.91. The van der Waals surface area contributed by atoms with Crippen LogP contribution in [0.2, 0.25) is 0 Å². The Morgan fingerprint density at radius 2 is 2.11 bits per heavy atom. The molecule has 2 heterocycles. The molecule has 0 spiro atoms. The number of ketones is 1. The molecule has 1 aliphatic carbocycles. The number of carbonyl (C=O) groups is 2. The van der Waals surface area contributed by atoms with Crippen molar-refractivity contribution in [2.75, 3.05) is 0 Å². The highest BCUT2D eigenvalue weighted by atomic mass is 16.4. The van der Waals surface area contributed by atoms with E-state index in [0.29, 0.717) is 5.71 Å². The highest BCUT2D eigenvalue weighted by Gasteiger charge is 2.38. The van der Waals surface area contributed by atoms with Gasteiger partial charge in [-0.1, -0.05) is 18.2 Å². The number of carboxylic acids is 1. The molecule has 0 fully saturated rings. The predicted octanol–water partition coefficient (Wildman–Crippen LogP) is 1.14. The Bertz CT molecular complexity index is 593. The minimum atomic E-state index is -1.23. The van der Waals surface area contributed by atoms with Crippen molar-refractivity contribution in [3.63, 3.8) is 0 Å². The summed E-state index contributed by atoms with van der Waals surface area (Å²) in [5.74, 6) is -2.09. The zero-order chi connectivity index (χ0) is 12.7. The van der Waals surface area contributed by atoms with Gasteiger partial charge in [0.15, 0.2) is 5.78 Å². The number of carboxylic acid groups (broad SMARTS) is 1. The van der Waals surface area contributed by atoms with Crippen molar-refractivity contribution in [1.82, 2.24) is 0 Å². The smallest absolute Gasteiger partial charge is 0.340 e. The number of carbonyl (C=O) groups excluding carboxylic acids is 1. The lowest BCUT2D eigenvalue weighted by Crippen LogP contribution is -2.40. The summed E-state index contributed by atoms with van der Waals surface area (Å²) in [5.41, 5.74) is 1.10. The average molecular weight is 242 g/mol. The third-order valence-electron chi connectivity index (χ3n) is 3.26. The Kier molecular flexibility index (Phi) is 2.33. The highest BCUT2D eigenvalue weighted by molar-refractivity contribution is 6.51. The van der Waals surface area contributed by atoms with Crippen LogP contribution in [0.3, 0.4) is 0 Å². The molecule has 5 nitrogen and oxygen atoms in total. The molecule has 90 valence electrons. The normalized spacial score (nSPS) is 28.9. The summed E-state index contributed by atoms with van der Waals surface area (Å²) >= 11 is 0. The van der Waals surface area contributed by atoms with Gasteiger partial charge in [0, 0.05) is 18.3 Å². The molecule has 3 aliphatic rings. The molecule has 0 unspecified atom stereocenters. The Balaban J connectivity index is 2.10. The van der Waals surface area contributed by atoms with Gasteiger partial charge in [-0.15, -0.1) is 0 Å². The Morgan fingerprint density at radius 1 is 1.28 bits per heavy atom. The summed E-state index contributed by atoms with van der Waals surface area (Å²) in [6.07, 6.45) is 9.28. The highest BCUT2D eigenvalue weighted by Crippen LogP contribution is 2.28. The molecule has 0 saturated heterocycles. The maximum absolute atomic E-state index is 12.0. The van der Waals surface area contributed by atoms with Gasteiger partial charge in [-0.2, -0.15) is 0 Å². The number of rotatable bonds is 1. The first-order chi connectivity index (χ1) is 8.68. The molecule has 5 heteroatoms. The summed E-state index contributed by atoms with van der Waals surface area (Å²) in [4.78, 5) is 31.3. The summed E-state index contributed by atoms with van der Waals surface area (Å²) in [7, 11) is 0. The standard InChI is InChI=1S/C13H10N2O3/c16-12-8-4-3-7-2-1-5-14-10(7)11(8)15-6-9(12)13(17)18/h1,3-8H,2H2,(H,17,18)/t7-,8-/m1/s1. The third kappa shape index (κ3) is 1.48. The van der Waals surface area contributed by atoms with E-state index in [2.05, 4.69) is 9.98 Å². The first-order valence-electron chi connectivity index (χ1n) is 5.65. The number of nitrogens with zero attached hydrogens (tertiary/aromatic N) is 2. The van der Waals surface area contributed by atoms with Crippen molar-refractivity contribution >= 4 is 23.2 Å². The van der Waals surface area contributed by atoms with Crippen LogP contribution < -0.4 is 0 Å². The number of Topliss-reactive ketones (excluding diaryl/α,β-unsaturated/α-hetero) is 1. The zero-order valence-corrected chi connectivity index (χ0v) is 9.41. The Hall–Kier alpha value is -2.30. The molecule has 0 aromatic rings. The maximum Gasteiger partial charge on any atom is 0.340 e. The van der Waals surface area contributed by atoms with E-state index in [-0.39, 0.29) is 11.5 Å². The second-order valence-electron chi connectivity index (χ2n) is 4.33. The lowest BCUT2D eigenvalue weighted by Gasteiger charge is -2.28. The number of hydrogen-bond donors (Lipinski definition) is 1. The second-order valence-corrected chi connectivity index (χ2v) is 4.33. The van der Waals surface area contributed by atoms with E-state index in [1.54, 1.807) is 12.3 Å².